The van der Waals surface area contributed by atoms with Crippen molar-refractivity contribution in [1.29, 1.82) is 0 Å². The molecule has 0 bridgehead atoms. The van der Waals surface area contributed by atoms with E-state index in [0.717, 1.165) is 0 Å². The SMILES string of the molecule is NC(=O)C1CCC(c2ccc(OCC(=O)O)c(Cl)c2Cl)=CC1=O. The number of carboxylic acids is 1. The van der Waals surface area contributed by atoms with E-state index in [-0.39, 0.29) is 21.6 Å². The van der Waals surface area contributed by atoms with Crippen molar-refractivity contribution in [1.82, 2.24) is 0 Å². The van der Waals surface area contributed by atoms with Gasteiger partial charge in [0.1, 0.15) is 16.7 Å². The first-order chi connectivity index (χ1) is 10.8. The fourth-order valence-corrected chi connectivity index (χ4v) is 2.81. The Morgan fingerprint density at radius 1 is 1.30 bits per heavy atom. The maximum atomic E-state index is 11.9. The average molecular weight is 358 g/mol. The van der Waals surface area contributed by atoms with Gasteiger partial charge in [-0.25, -0.2) is 4.79 Å². The maximum absolute atomic E-state index is 11.9. The Hall–Kier alpha value is -2.05. The Morgan fingerprint density at radius 2 is 2.00 bits per heavy atom. The number of amides is 1. The van der Waals surface area contributed by atoms with Crippen LogP contribution in [0.5, 0.6) is 5.75 Å². The van der Waals surface area contributed by atoms with Crippen LogP contribution in [-0.4, -0.2) is 29.4 Å². The Morgan fingerprint density at radius 3 is 2.57 bits per heavy atom. The van der Waals surface area contributed by atoms with E-state index in [1.54, 1.807) is 6.07 Å². The van der Waals surface area contributed by atoms with Gasteiger partial charge < -0.3 is 15.6 Å². The van der Waals surface area contributed by atoms with Gasteiger partial charge in [0, 0.05) is 0 Å². The van der Waals surface area contributed by atoms with E-state index in [2.05, 4.69) is 0 Å². The fourth-order valence-electron chi connectivity index (χ4n) is 2.31. The van der Waals surface area contributed by atoms with Crippen LogP contribution in [0.3, 0.4) is 0 Å². The van der Waals surface area contributed by atoms with Gasteiger partial charge in [-0.15, -0.1) is 0 Å². The molecule has 2 rings (SSSR count). The molecule has 0 fully saturated rings. The molecule has 1 atom stereocenters. The number of halogens is 2. The molecular formula is C15H13Cl2NO5. The van der Waals surface area contributed by atoms with Crippen LogP contribution in [0.4, 0.5) is 0 Å². The first kappa shape index (κ1) is 17.3. The van der Waals surface area contributed by atoms with Crippen molar-refractivity contribution in [3.8, 4) is 5.75 Å². The number of hydrogen-bond donors (Lipinski definition) is 2. The van der Waals surface area contributed by atoms with Crippen LogP contribution >= 0.6 is 23.2 Å². The predicted molar refractivity (Wildman–Crippen MR) is 84.5 cm³/mol. The number of carbonyl (C=O) groups excluding carboxylic acids is 2. The molecule has 1 aliphatic carbocycles. The molecule has 0 aromatic heterocycles. The quantitative estimate of drug-likeness (QED) is 0.786. The van der Waals surface area contributed by atoms with Gasteiger partial charge in [-0.2, -0.15) is 0 Å². The summed E-state index contributed by atoms with van der Waals surface area (Å²) in [4.78, 5) is 33.6. The Bertz CT molecular complexity index is 714. The van der Waals surface area contributed by atoms with E-state index < -0.39 is 24.4 Å². The van der Waals surface area contributed by atoms with Crippen molar-refractivity contribution in [2.75, 3.05) is 6.61 Å². The number of carbonyl (C=O) groups is 3. The molecule has 8 heteroatoms. The normalized spacial score (nSPS) is 17.6. The number of hydrogen-bond acceptors (Lipinski definition) is 4. The molecule has 0 heterocycles. The van der Waals surface area contributed by atoms with Crippen molar-refractivity contribution in [3.05, 3.63) is 33.8 Å². The van der Waals surface area contributed by atoms with Gasteiger partial charge in [0.2, 0.25) is 5.91 Å². The monoisotopic (exact) mass is 357 g/mol. The van der Waals surface area contributed by atoms with E-state index >= 15 is 0 Å². The van der Waals surface area contributed by atoms with Crippen molar-refractivity contribution >= 4 is 46.4 Å². The smallest absolute Gasteiger partial charge is 0.341 e. The third-order valence-corrected chi connectivity index (χ3v) is 4.31. The molecule has 1 aromatic rings. The van der Waals surface area contributed by atoms with E-state index in [9.17, 15) is 14.4 Å². The Kier molecular flexibility index (Phi) is 5.28. The summed E-state index contributed by atoms with van der Waals surface area (Å²) in [5.41, 5.74) is 6.35. The zero-order chi connectivity index (χ0) is 17.1. The largest absolute Gasteiger partial charge is 0.480 e. The zero-order valence-corrected chi connectivity index (χ0v) is 13.4. The van der Waals surface area contributed by atoms with Crippen molar-refractivity contribution in [2.45, 2.75) is 12.8 Å². The number of allylic oxidation sites excluding steroid dienone is 2. The molecule has 1 aliphatic rings. The van der Waals surface area contributed by atoms with Crippen LogP contribution < -0.4 is 10.5 Å². The molecule has 23 heavy (non-hydrogen) atoms. The molecule has 0 spiro atoms. The number of primary amides is 1. The minimum Gasteiger partial charge on any atom is -0.480 e. The lowest BCUT2D eigenvalue weighted by atomic mass is 9.85. The third-order valence-electron chi connectivity index (χ3n) is 3.45. The highest BCUT2D eigenvalue weighted by atomic mass is 35.5. The molecule has 3 N–H and O–H groups in total. The van der Waals surface area contributed by atoms with Gasteiger partial charge in [0.15, 0.2) is 12.4 Å². The number of nitrogens with two attached hydrogens (primary N) is 1. The summed E-state index contributed by atoms with van der Waals surface area (Å²) >= 11 is 12.3. The molecule has 1 aromatic carbocycles. The lowest BCUT2D eigenvalue weighted by Gasteiger charge is -2.20. The van der Waals surface area contributed by atoms with Gasteiger partial charge in [-0.3, -0.25) is 9.59 Å². The van der Waals surface area contributed by atoms with E-state index in [1.165, 1.54) is 12.1 Å². The van der Waals surface area contributed by atoms with Crippen LogP contribution in [0.2, 0.25) is 10.0 Å². The summed E-state index contributed by atoms with van der Waals surface area (Å²) in [5, 5.41) is 8.83. The second kappa shape index (κ2) is 7.02. The average Bonchev–Trinajstić information content (AvgIpc) is 2.48. The summed E-state index contributed by atoms with van der Waals surface area (Å²) in [5.74, 6) is -2.82. The maximum Gasteiger partial charge on any atom is 0.341 e. The molecule has 0 saturated carbocycles. The van der Waals surface area contributed by atoms with Gasteiger partial charge in [0.05, 0.1) is 5.02 Å². The molecule has 1 unspecified atom stereocenters. The summed E-state index contributed by atoms with van der Waals surface area (Å²) < 4.78 is 5.03. The summed E-state index contributed by atoms with van der Waals surface area (Å²) in [6, 6.07) is 3.08. The van der Waals surface area contributed by atoms with E-state index in [0.29, 0.717) is 24.0 Å². The summed E-state index contributed by atoms with van der Waals surface area (Å²) in [6.45, 7) is -0.545. The van der Waals surface area contributed by atoms with Crippen LogP contribution in [0.1, 0.15) is 18.4 Å². The topological polar surface area (TPSA) is 107 Å². The lowest BCUT2D eigenvalue weighted by molar-refractivity contribution is -0.139. The fraction of sp³-hybridized carbons (Fsp3) is 0.267. The molecule has 6 nitrogen and oxygen atoms in total. The Labute approximate surface area is 141 Å². The molecule has 0 radical (unpaired) electrons. The van der Waals surface area contributed by atoms with E-state index in [1.807, 2.05) is 0 Å². The molecule has 0 aliphatic heterocycles. The first-order valence-electron chi connectivity index (χ1n) is 6.68. The predicted octanol–water partition coefficient (Wildman–Crippen LogP) is 2.30. The van der Waals surface area contributed by atoms with Gasteiger partial charge in [-0.05, 0) is 42.2 Å². The number of ether oxygens (including phenoxy) is 1. The van der Waals surface area contributed by atoms with Gasteiger partial charge in [-0.1, -0.05) is 23.2 Å². The number of rotatable bonds is 5. The standard InChI is InChI=1S/C15H13Cl2NO5/c16-13-8(3-4-11(14(13)17)23-6-12(20)21)7-1-2-9(15(18)22)10(19)5-7/h3-5,9H,1-2,6H2,(H2,18,22)(H,20,21). The lowest BCUT2D eigenvalue weighted by Crippen LogP contribution is -2.31. The number of carboxylic acid groups (broad SMARTS) is 1. The van der Waals surface area contributed by atoms with E-state index in [4.69, 9.17) is 38.8 Å². The third kappa shape index (κ3) is 3.83. The summed E-state index contributed by atoms with van der Waals surface area (Å²) in [6.07, 6.45) is 2.10. The summed E-state index contributed by atoms with van der Waals surface area (Å²) in [7, 11) is 0. The van der Waals surface area contributed by atoms with Gasteiger partial charge in [0.25, 0.3) is 0 Å². The molecular weight excluding hydrogens is 345 g/mol. The number of aliphatic carboxylic acids is 1. The van der Waals surface area contributed by atoms with Crippen LogP contribution in [-0.2, 0) is 14.4 Å². The van der Waals surface area contributed by atoms with Crippen molar-refractivity contribution in [3.63, 3.8) is 0 Å². The highest BCUT2D eigenvalue weighted by molar-refractivity contribution is 6.44. The van der Waals surface area contributed by atoms with Crippen LogP contribution in [0, 0.1) is 5.92 Å². The highest BCUT2D eigenvalue weighted by Gasteiger charge is 2.28. The zero-order valence-electron chi connectivity index (χ0n) is 11.8. The molecule has 1 amide bonds. The first-order valence-corrected chi connectivity index (χ1v) is 7.43. The van der Waals surface area contributed by atoms with Crippen LogP contribution in [0.15, 0.2) is 18.2 Å². The minimum atomic E-state index is -1.14. The second-order valence-corrected chi connectivity index (χ2v) is 5.74. The minimum absolute atomic E-state index is 0.0655. The highest BCUT2D eigenvalue weighted by Crippen LogP contribution is 2.40. The van der Waals surface area contributed by atoms with Gasteiger partial charge >= 0.3 is 5.97 Å². The second-order valence-electron chi connectivity index (χ2n) is 4.99. The molecule has 122 valence electrons. The van der Waals surface area contributed by atoms with Crippen LogP contribution in [0.25, 0.3) is 5.57 Å². The number of benzene rings is 1. The number of ketones is 1. The Balaban J connectivity index is 2.29. The van der Waals surface area contributed by atoms with Crippen molar-refractivity contribution < 1.29 is 24.2 Å². The van der Waals surface area contributed by atoms with Crippen molar-refractivity contribution in [2.24, 2.45) is 11.7 Å². The molecule has 0 saturated heterocycles.